The lowest BCUT2D eigenvalue weighted by Crippen LogP contribution is -2.21. The Labute approximate surface area is 234 Å². The van der Waals surface area contributed by atoms with Gasteiger partial charge in [0.15, 0.2) is 23.2 Å². The van der Waals surface area contributed by atoms with E-state index < -0.39 is 10.0 Å². The van der Waals surface area contributed by atoms with E-state index in [1.807, 2.05) is 20.8 Å². The van der Waals surface area contributed by atoms with Crippen LogP contribution >= 0.6 is 0 Å². The molecule has 0 amide bonds. The predicted molar refractivity (Wildman–Crippen MR) is 154 cm³/mol. The van der Waals surface area contributed by atoms with Crippen molar-refractivity contribution in [2.45, 2.75) is 31.1 Å². The molecular formula is C28H33N5O6S. The normalized spacial score (nSPS) is 12.3. The number of aromatic nitrogens is 2. The maximum absolute atomic E-state index is 13.5. The number of aliphatic hydroxyl groups excluding tert-OH is 1. The van der Waals surface area contributed by atoms with Gasteiger partial charge in [0.25, 0.3) is 15.9 Å². The van der Waals surface area contributed by atoms with Crippen LogP contribution in [0, 0.1) is 0 Å². The van der Waals surface area contributed by atoms with E-state index in [0.29, 0.717) is 5.75 Å². The zero-order valence-electron chi connectivity index (χ0n) is 22.8. The molecule has 0 saturated carbocycles. The third kappa shape index (κ3) is 7.58. The highest BCUT2D eigenvalue weighted by Gasteiger charge is 2.26. The molecule has 1 heterocycles. The molecule has 1 aromatic heterocycles. The molecule has 40 heavy (non-hydrogen) atoms. The molecule has 0 unspecified atom stereocenters. The highest BCUT2D eigenvalue weighted by Crippen LogP contribution is 2.40. The molecule has 12 heteroatoms. The number of rotatable bonds is 12. The van der Waals surface area contributed by atoms with Crippen molar-refractivity contribution in [1.29, 1.82) is 0 Å². The van der Waals surface area contributed by atoms with Gasteiger partial charge >= 0.3 is 0 Å². The summed E-state index contributed by atoms with van der Waals surface area (Å²) in [6, 6.07) is 13.2. The summed E-state index contributed by atoms with van der Waals surface area (Å²) in [5.41, 5.74) is 6.88. The van der Waals surface area contributed by atoms with Gasteiger partial charge in [0.2, 0.25) is 11.6 Å². The molecule has 4 N–H and O–H groups in total. The quantitative estimate of drug-likeness (QED) is 0.166. The molecule has 3 aromatic rings. The molecule has 0 saturated heterocycles. The summed E-state index contributed by atoms with van der Waals surface area (Å²) in [6.45, 7) is 9.14. The van der Waals surface area contributed by atoms with Crippen molar-refractivity contribution in [2.24, 2.45) is 10.7 Å². The number of nitrogens with one attached hydrogen (secondary N) is 1. The van der Waals surface area contributed by atoms with Crippen molar-refractivity contribution in [3.63, 3.8) is 0 Å². The number of anilines is 1. The van der Waals surface area contributed by atoms with Crippen molar-refractivity contribution >= 4 is 21.7 Å². The summed E-state index contributed by atoms with van der Waals surface area (Å²) in [7, 11) is -2.71. The van der Waals surface area contributed by atoms with Gasteiger partial charge in [0, 0.05) is 6.20 Å². The van der Waals surface area contributed by atoms with E-state index in [4.69, 9.17) is 19.9 Å². The average Bonchev–Trinajstić information content (AvgIpc) is 2.92. The number of allylic oxidation sites excluding steroid dienone is 2. The Hall–Kier alpha value is -4.42. The predicted octanol–water partition coefficient (Wildman–Crippen LogP) is 4.15. The van der Waals surface area contributed by atoms with E-state index in [0.717, 1.165) is 5.56 Å². The topological polar surface area (TPSA) is 158 Å². The zero-order chi connectivity index (χ0) is 29.3. The number of nitrogens with zero attached hydrogens (tertiary/aromatic N) is 3. The monoisotopic (exact) mass is 567 g/mol. The fourth-order valence-corrected chi connectivity index (χ4v) is 4.33. The van der Waals surface area contributed by atoms with Crippen LogP contribution in [0.3, 0.4) is 0 Å². The zero-order valence-corrected chi connectivity index (χ0v) is 23.6. The molecule has 0 aliphatic rings. The molecule has 0 radical (unpaired) electrons. The fraction of sp³-hybridized carbons (Fsp3) is 0.250. The van der Waals surface area contributed by atoms with E-state index in [9.17, 15) is 13.5 Å². The van der Waals surface area contributed by atoms with Crippen LogP contribution in [0.1, 0.15) is 32.2 Å². The smallest absolute Gasteiger partial charge is 0.263 e. The van der Waals surface area contributed by atoms with Crippen LogP contribution in [0.15, 0.2) is 83.3 Å². The Morgan fingerprint density at radius 2 is 1.80 bits per heavy atom. The number of ether oxygens (including phenoxy) is 3. The van der Waals surface area contributed by atoms with E-state index >= 15 is 0 Å². The molecule has 0 aliphatic carbocycles. The summed E-state index contributed by atoms with van der Waals surface area (Å²) in [5.74, 6) is -0.305. The Morgan fingerprint density at radius 1 is 1.12 bits per heavy atom. The largest absolute Gasteiger partial charge is 0.493 e. The van der Waals surface area contributed by atoms with Crippen LogP contribution in [-0.4, -0.2) is 49.7 Å². The minimum Gasteiger partial charge on any atom is -0.493 e. The van der Waals surface area contributed by atoms with Crippen LogP contribution in [-0.2, 0) is 15.4 Å². The number of hydrogen-bond acceptors (Lipinski definition) is 9. The molecule has 2 aromatic carbocycles. The Morgan fingerprint density at radius 3 is 2.40 bits per heavy atom. The van der Waals surface area contributed by atoms with E-state index in [1.165, 1.54) is 31.5 Å². The Bertz CT molecular complexity index is 1500. The van der Waals surface area contributed by atoms with Crippen molar-refractivity contribution < 1.29 is 27.7 Å². The third-order valence-corrected chi connectivity index (χ3v) is 6.73. The molecule has 11 nitrogen and oxygen atoms in total. The van der Waals surface area contributed by atoms with Gasteiger partial charge in [-0.2, -0.15) is 4.98 Å². The van der Waals surface area contributed by atoms with Crippen molar-refractivity contribution in [3.05, 3.63) is 84.8 Å². The van der Waals surface area contributed by atoms with Crippen molar-refractivity contribution in [3.8, 4) is 23.1 Å². The van der Waals surface area contributed by atoms with Gasteiger partial charge in [-0.25, -0.2) is 18.4 Å². The van der Waals surface area contributed by atoms with Crippen LogP contribution < -0.4 is 24.7 Å². The van der Waals surface area contributed by atoms with Crippen LogP contribution in [0.2, 0.25) is 0 Å². The maximum Gasteiger partial charge on any atom is 0.263 e. The van der Waals surface area contributed by atoms with E-state index in [1.54, 1.807) is 42.5 Å². The molecule has 0 atom stereocenters. The number of amidine groups is 1. The first-order valence-corrected chi connectivity index (χ1v) is 13.7. The number of aliphatic hydroxyl groups is 1. The Balaban J connectivity index is 2.19. The van der Waals surface area contributed by atoms with Crippen LogP contribution in [0.25, 0.3) is 0 Å². The highest BCUT2D eigenvalue weighted by atomic mass is 32.2. The number of aliphatic imine (C=N–C) groups is 1. The number of benzene rings is 2. The lowest BCUT2D eigenvalue weighted by molar-refractivity contribution is 0.192. The van der Waals surface area contributed by atoms with Gasteiger partial charge < -0.3 is 25.1 Å². The molecule has 0 aliphatic heterocycles. The number of methoxy groups -OCH3 is 1. The summed E-state index contributed by atoms with van der Waals surface area (Å²) in [6.07, 6.45) is 4.42. The summed E-state index contributed by atoms with van der Waals surface area (Å²) >= 11 is 0. The van der Waals surface area contributed by atoms with Gasteiger partial charge in [-0.15, -0.1) is 0 Å². The summed E-state index contributed by atoms with van der Waals surface area (Å²) in [5, 5.41) is 9.39. The van der Waals surface area contributed by atoms with Gasteiger partial charge in [-0.1, -0.05) is 57.7 Å². The van der Waals surface area contributed by atoms with E-state index in [2.05, 4.69) is 26.3 Å². The minimum absolute atomic E-state index is 0.00251. The molecule has 212 valence electrons. The SMILES string of the molecule is C=C/C=C\N=C(N)c1nc(NS(=O)(=O)c2ccc(C(C)(C)C)cc2)c(Oc2ccccc2OC)c(OCCO)n1. The standard InChI is InChI=1S/C28H33N5O6S/c1-6-7-16-30-24(29)26-31-25(33-40(35,36)20-14-12-19(13-15-20)28(2,3)4)23(27(32-26)38-18-17-34)39-22-11-9-8-10-21(22)37-5/h6-16,34H,1,17-18H2,2-5H3,(H2,29,30)(H,31,32,33)/b16-7-. The first kappa shape index (κ1) is 30.1. The second-order valence-corrected chi connectivity index (χ2v) is 11.0. The van der Waals surface area contributed by atoms with E-state index in [-0.39, 0.29) is 58.4 Å². The van der Waals surface area contributed by atoms with Crippen LogP contribution in [0.4, 0.5) is 5.82 Å². The lowest BCUT2D eigenvalue weighted by Gasteiger charge is -2.20. The third-order valence-electron chi connectivity index (χ3n) is 5.37. The van der Waals surface area contributed by atoms with Crippen molar-refractivity contribution in [1.82, 2.24) is 9.97 Å². The molecule has 0 bridgehead atoms. The van der Waals surface area contributed by atoms with Gasteiger partial charge in [0.1, 0.15) is 6.61 Å². The highest BCUT2D eigenvalue weighted by molar-refractivity contribution is 7.92. The lowest BCUT2D eigenvalue weighted by atomic mass is 9.87. The second kappa shape index (κ2) is 13.1. The number of sulfonamides is 1. The minimum atomic E-state index is -4.17. The second-order valence-electron chi connectivity index (χ2n) is 9.33. The molecule has 0 fully saturated rings. The first-order valence-electron chi connectivity index (χ1n) is 12.2. The number of para-hydroxylation sites is 2. The Kier molecular flexibility index (Phi) is 9.86. The summed E-state index contributed by atoms with van der Waals surface area (Å²) in [4.78, 5) is 12.6. The number of hydrogen-bond donors (Lipinski definition) is 3. The maximum atomic E-state index is 13.5. The van der Waals surface area contributed by atoms with Crippen LogP contribution in [0.5, 0.6) is 23.1 Å². The van der Waals surface area contributed by atoms with Gasteiger partial charge in [-0.3, -0.25) is 4.72 Å². The molecule has 0 spiro atoms. The fourth-order valence-electron chi connectivity index (χ4n) is 3.32. The van der Waals surface area contributed by atoms with Gasteiger partial charge in [0.05, 0.1) is 18.6 Å². The van der Waals surface area contributed by atoms with Gasteiger partial charge in [-0.05, 0) is 41.3 Å². The van der Waals surface area contributed by atoms with Crippen molar-refractivity contribution in [2.75, 3.05) is 25.0 Å². The number of nitrogens with two attached hydrogens (primary N) is 1. The summed E-state index contributed by atoms with van der Waals surface area (Å²) < 4.78 is 46.5. The molecule has 3 rings (SSSR count). The first-order chi connectivity index (χ1) is 19.0. The average molecular weight is 568 g/mol. The molecular weight excluding hydrogens is 534 g/mol.